The van der Waals surface area contributed by atoms with E-state index in [4.69, 9.17) is 4.98 Å². The molecule has 0 fully saturated rings. The lowest BCUT2D eigenvalue weighted by Crippen LogP contribution is -2.39. The number of fused-ring (bicyclic) bond motifs is 1. The molecule has 35 heavy (non-hydrogen) atoms. The SMILES string of the molecule is C=CCNC(=O)c1cncc(-c2cc(C)c3c(n2)C(C)(C)N(c2cnn(CC(F)(F)F)c2)C3=O)c1. The van der Waals surface area contributed by atoms with Crippen molar-refractivity contribution in [3.8, 4) is 11.3 Å². The summed E-state index contributed by atoms with van der Waals surface area (Å²) in [6.45, 7) is 7.93. The number of halogens is 3. The number of amides is 2. The lowest BCUT2D eigenvalue weighted by atomic mass is 9.96. The molecule has 0 saturated heterocycles. The maximum Gasteiger partial charge on any atom is 0.408 e. The average Bonchev–Trinajstić information content (AvgIpc) is 3.30. The lowest BCUT2D eigenvalue weighted by molar-refractivity contribution is -0.142. The Morgan fingerprint density at radius 2 is 1.97 bits per heavy atom. The fraction of sp³-hybridized carbons (Fsp3) is 0.292. The number of alkyl halides is 3. The topological polar surface area (TPSA) is 93.0 Å². The summed E-state index contributed by atoms with van der Waals surface area (Å²) in [5, 5.41) is 6.47. The van der Waals surface area contributed by atoms with Gasteiger partial charge in [-0.1, -0.05) is 6.08 Å². The molecule has 0 aliphatic carbocycles. The van der Waals surface area contributed by atoms with E-state index in [0.717, 1.165) is 4.68 Å². The number of aryl methyl sites for hydroxylation is 1. The zero-order valence-electron chi connectivity index (χ0n) is 19.3. The number of rotatable bonds is 6. The van der Waals surface area contributed by atoms with Crippen molar-refractivity contribution in [1.82, 2.24) is 25.1 Å². The van der Waals surface area contributed by atoms with E-state index in [9.17, 15) is 22.8 Å². The predicted octanol–water partition coefficient (Wildman–Crippen LogP) is 4.02. The van der Waals surface area contributed by atoms with Gasteiger partial charge in [0.2, 0.25) is 0 Å². The van der Waals surface area contributed by atoms with Crippen molar-refractivity contribution in [2.75, 3.05) is 11.4 Å². The molecule has 0 bridgehead atoms. The molecular formula is C24H23F3N6O2. The van der Waals surface area contributed by atoms with Crippen molar-refractivity contribution in [1.29, 1.82) is 0 Å². The highest BCUT2D eigenvalue weighted by Crippen LogP contribution is 2.43. The number of pyridine rings is 2. The van der Waals surface area contributed by atoms with Gasteiger partial charge in [-0.15, -0.1) is 6.58 Å². The monoisotopic (exact) mass is 484 g/mol. The van der Waals surface area contributed by atoms with Crippen molar-refractivity contribution in [2.24, 2.45) is 0 Å². The van der Waals surface area contributed by atoms with Crippen LogP contribution in [-0.4, -0.2) is 44.3 Å². The molecule has 11 heteroatoms. The molecular weight excluding hydrogens is 461 g/mol. The van der Waals surface area contributed by atoms with Crippen molar-refractivity contribution in [3.63, 3.8) is 0 Å². The van der Waals surface area contributed by atoms with Crippen LogP contribution in [0.1, 0.15) is 45.8 Å². The molecule has 4 rings (SSSR count). The second kappa shape index (κ2) is 8.64. The molecule has 1 aliphatic heterocycles. The fourth-order valence-corrected chi connectivity index (χ4v) is 4.15. The Labute approximate surface area is 199 Å². The molecule has 3 aromatic rings. The molecule has 1 aliphatic rings. The van der Waals surface area contributed by atoms with Crippen LogP contribution in [0.4, 0.5) is 18.9 Å². The number of carbonyl (C=O) groups excluding carboxylic acids is 2. The Morgan fingerprint density at radius 1 is 1.23 bits per heavy atom. The van der Waals surface area contributed by atoms with Crippen molar-refractivity contribution in [2.45, 2.75) is 39.0 Å². The van der Waals surface area contributed by atoms with Gasteiger partial charge < -0.3 is 5.32 Å². The highest BCUT2D eigenvalue weighted by molar-refractivity contribution is 6.12. The van der Waals surface area contributed by atoms with Gasteiger partial charge in [0.15, 0.2) is 0 Å². The van der Waals surface area contributed by atoms with E-state index in [-0.39, 0.29) is 17.5 Å². The first kappa shape index (κ1) is 24.1. The molecule has 0 saturated carbocycles. The number of nitrogens with zero attached hydrogens (tertiary/aromatic N) is 5. The Balaban J connectivity index is 1.72. The molecule has 0 unspecified atom stereocenters. The minimum absolute atomic E-state index is 0.241. The van der Waals surface area contributed by atoms with Crippen LogP contribution in [-0.2, 0) is 12.1 Å². The van der Waals surface area contributed by atoms with Gasteiger partial charge in [0.25, 0.3) is 11.8 Å². The minimum Gasteiger partial charge on any atom is -0.349 e. The molecule has 3 aromatic heterocycles. The molecule has 8 nitrogen and oxygen atoms in total. The van der Waals surface area contributed by atoms with Crippen LogP contribution in [0, 0.1) is 6.92 Å². The molecule has 0 atom stereocenters. The standard InChI is InChI=1S/C24H23F3N6O2/c1-5-6-29-21(34)16-8-15(9-28-10-16)18-7-14(2)19-20(31-18)23(3,4)33(22(19)35)17-11-30-32(12-17)13-24(25,26)27/h5,7-12H,1,6,13H2,2-4H3,(H,29,34). The van der Waals surface area contributed by atoms with Gasteiger partial charge in [0, 0.05) is 30.7 Å². The molecule has 182 valence electrons. The van der Waals surface area contributed by atoms with E-state index in [1.54, 1.807) is 45.2 Å². The molecule has 0 radical (unpaired) electrons. The Bertz CT molecular complexity index is 1330. The first-order chi connectivity index (χ1) is 16.4. The summed E-state index contributed by atoms with van der Waals surface area (Å²) in [7, 11) is 0. The van der Waals surface area contributed by atoms with Crippen molar-refractivity contribution in [3.05, 3.63) is 72.0 Å². The first-order valence-corrected chi connectivity index (χ1v) is 10.7. The third-order valence-corrected chi connectivity index (χ3v) is 5.69. The van der Waals surface area contributed by atoms with Gasteiger partial charge in [0.1, 0.15) is 6.54 Å². The molecule has 4 heterocycles. The first-order valence-electron chi connectivity index (χ1n) is 10.7. The third kappa shape index (κ3) is 4.53. The van der Waals surface area contributed by atoms with Crippen LogP contribution in [0.15, 0.2) is 49.6 Å². The largest absolute Gasteiger partial charge is 0.408 e. The summed E-state index contributed by atoms with van der Waals surface area (Å²) >= 11 is 0. The van der Waals surface area contributed by atoms with E-state index < -0.39 is 18.3 Å². The van der Waals surface area contributed by atoms with Gasteiger partial charge in [-0.2, -0.15) is 18.3 Å². The lowest BCUT2D eigenvalue weighted by Gasteiger charge is -2.30. The van der Waals surface area contributed by atoms with Crippen molar-refractivity contribution >= 4 is 17.5 Å². The van der Waals surface area contributed by atoms with Gasteiger partial charge in [-0.05, 0) is 38.5 Å². The highest BCUT2D eigenvalue weighted by atomic mass is 19.4. The Kier molecular flexibility index (Phi) is 5.95. The minimum atomic E-state index is -4.44. The summed E-state index contributed by atoms with van der Waals surface area (Å²) < 4.78 is 39.1. The zero-order valence-corrected chi connectivity index (χ0v) is 19.3. The fourth-order valence-electron chi connectivity index (χ4n) is 4.15. The number of hydrogen-bond acceptors (Lipinski definition) is 5. The normalized spacial score (nSPS) is 14.7. The summed E-state index contributed by atoms with van der Waals surface area (Å²) in [5.41, 5.74) is 2.23. The maximum absolute atomic E-state index is 13.4. The van der Waals surface area contributed by atoms with Gasteiger partial charge in [0.05, 0.1) is 39.9 Å². The maximum atomic E-state index is 13.4. The van der Waals surface area contributed by atoms with Crippen LogP contribution in [0.5, 0.6) is 0 Å². The number of aromatic nitrogens is 4. The summed E-state index contributed by atoms with van der Waals surface area (Å²) in [6, 6.07) is 3.38. The average molecular weight is 484 g/mol. The second-order valence-electron chi connectivity index (χ2n) is 8.72. The molecule has 1 N–H and O–H groups in total. The number of hydrogen-bond donors (Lipinski definition) is 1. The molecule has 2 amide bonds. The van der Waals surface area contributed by atoms with Gasteiger partial charge >= 0.3 is 6.18 Å². The number of anilines is 1. The van der Waals surface area contributed by atoms with E-state index in [2.05, 4.69) is 22.0 Å². The van der Waals surface area contributed by atoms with Crippen LogP contribution in [0.2, 0.25) is 0 Å². The quantitative estimate of drug-likeness (QED) is 0.534. The van der Waals surface area contributed by atoms with Gasteiger partial charge in [-0.25, -0.2) is 4.98 Å². The van der Waals surface area contributed by atoms with E-state index in [0.29, 0.717) is 40.2 Å². The second-order valence-corrected chi connectivity index (χ2v) is 8.72. The Morgan fingerprint density at radius 3 is 2.66 bits per heavy atom. The highest BCUT2D eigenvalue weighted by Gasteiger charge is 2.47. The van der Waals surface area contributed by atoms with Crippen LogP contribution >= 0.6 is 0 Å². The third-order valence-electron chi connectivity index (χ3n) is 5.69. The summed E-state index contributed by atoms with van der Waals surface area (Å²) in [6.07, 6.45) is 2.58. The number of nitrogens with one attached hydrogen (secondary N) is 1. The summed E-state index contributed by atoms with van der Waals surface area (Å²) in [5.74, 6) is -0.682. The number of carbonyl (C=O) groups is 2. The van der Waals surface area contributed by atoms with Gasteiger partial charge in [-0.3, -0.25) is 24.2 Å². The zero-order chi connectivity index (χ0) is 25.5. The predicted molar refractivity (Wildman–Crippen MR) is 123 cm³/mol. The van der Waals surface area contributed by atoms with E-state index in [1.807, 2.05) is 0 Å². The van der Waals surface area contributed by atoms with E-state index >= 15 is 0 Å². The van der Waals surface area contributed by atoms with E-state index in [1.165, 1.54) is 23.5 Å². The van der Waals surface area contributed by atoms with Crippen molar-refractivity contribution < 1.29 is 22.8 Å². The summed E-state index contributed by atoms with van der Waals surface area (Å²) in [4.78, 5) is 36.0. The van der Waals surface area contributed by atoms with Crippen LogP contribution in [0.3, 0.4) is 0 Å². The molecule has 0 aromatic carbocycles. The van der Waals surface area contributed by atoms with Crippen LogP contribution < -0.4 is 10.2 Å². The molecule has 0 spiro atoms. The smallest absolute Gasteiger partial charge is 0.349 e. The van der Waals surface area contributed by atoms with Crippen LogP contribution in [0.25, 0.3) is 11.3 Å². The Hall–Kier alpha value is -4.02.